The molecule has 1 unspecified atom stereocenters. The number of nitrogens with one attached hydrogen (secondary N) is 1. The smallest absolute Gasteiger partial charge is 0.264 e. The molecule has 0 fully saturated rings. The Labute approximate surface area is 235 Å². The molecule has 0 bridgehead atoms. The molecule has 10 heteroatoms. The van der Waals surface area contributed by atoms with Crippen LogP contribution in [-0.4, -0.2) is 51.4 Å². The van der Waals surface area contributed by atoms with E-state index in [2.05, 4.69) is 5.32 Å². The number of hydrogen-bond donors (Lipinski definition) is 1. The normalized spacial score (nSPS) is 11.9. The molecule has 214 valence electrons. The molecule has 0 aliphatic rings. The van der Waals surface area contributed by atoms with Gasteiger partial charge in [-0.05, 0) is 50.6 Å². The molecule has 3 aromatic rings. The van der Waals surface area contributed by atoms with Crippen LogP contribution in [0.5, 0.6) is 5.75 Å². The van der Waals surface area contributed by atoms with Crippen LogP contribution in [-0.2, 0) is 26.2 Å². The highest BCUT2D eigenvalue weighted by molar-refractivity contribution is 7.92. The number of amides is 2. The predicted octanol–water partition coefficient (Wildman–Crippen LogP) is 4.67. The van der Waals surface area contributed by atoms with Gasteiger partial charge in [-0.3, -0.25) is 13.9 Å². The lowest BCUT2D eigenvalue weighted by Gasteiger charge is -2.32. The number of hydrogen-bond acceptors (Lipinski definition) is 5. The number of benzene rings is 3. The number of ether oxygens (including phenoxy) is 1. The third kappa shape index (κ3) is 7.38. The zero-order chi connectivity index (χ0) is 29.3. The minimum absolute atomic E-state index is 0.0113. The molecule has 0 aromatic heterocycles. The highest BCUT2D eigenvalue weighted by Gasteiger charge is 2.34. The van der Waals surface area contributed by atoms with Gasteiger partial charge in [0.2, 0.25) is 11.8 Å². The zero-order valence-electron chi connectivity index (χ0n) is 23.3. The van der Waals surface area contributed by atoms with E-state index >= 15 is 0 Å². The first-order chi connectivity index (χ1) is 19.1. The van der Waals surface area contributed by atoms with Gasteiger partial charge in [-0.2, -0.15) is 0 Å². The maximum Gasteiger partial charge on any atom is 0.264 e. The fourth-order valence-corrected chi connectivity index (χ4v) is 5.54. The monoisotopic (exact) mass is 569 g/mol. The fourth-order valence-electron chi connectivity index (χ4n) is 4.12. The third-order valence-corrected chi connectivity index (χ3v) is 8.31. The van der Waals surface area contributed by atoms with Crippen molar-refractivity contribution in [1.82, 2.24) is 10.2 Å². The van der Waals surface area contributed by atoms with Crippen molar-refractivity contribution < 1.29 is 27.1 Å². The van der Waals surface area contributed by atoms with Crippen molar-refractivity contribution in [1.29, 1.82) is 0 Å². The summed E-state index contributed by atoms with van der Waals surface area (Å²) in [5.41, 5.74) is 1.23. The van der Waals surface area contributed by atoms with Gasteiger partial charge in [0, 0.05) is 18.7 Å². The molecule has 3 rings (SSSR count). The summed E-state index contributed by atoms with van der Waals surface area (Å²) in [4.78, 5) is 28.1. The van der Waals surface area contributed by atoms with E-state index in [0.717, 1.165) is 22.7 Å². The minimum Gasteiger partial charge on any atom is -0.495 e. The topological polar surface area (TPSA) is 96.0 Å². The number of para-hydroxylation sites is 2. The van der Waals surface area contributed by atoms with Gasteiger partial charge >= 0.3 is 0 Å². The Balaban J connectivity index is 2.05. The first-order valence-corrected chi connectivity index (χ1v) is 14.6. The molecule has 8 nitrogen and oxygen atoms in total. The Bertz CT molecular complexity index is 1410. The molecule has 0 radical (unpaired) electrons. The molecular formula is C30H36FN3O5S. The van der Waals surface area contributed by atoms with Crippen LogP contribution in [0.25, 0.3) is 0 Å². The van der Waals surface area contributed by atoms with Crippen molar-refractivity contribution in [2.75, 3.05) is 24.5 Å². The summed E-state index contributed by atoms with van der Waals surface area (Å²) >= 11 is 0. The molecule has 1 atom stereocenters. The molecule has 0 aliphatic heterocycles. The maximum atomic E-state index is 14.6. The average Bonchev–Trinajstić information content (AvgIpc) is 2.95. The SMILES string of the molecule is CCCCNC(=O)C(C)N(Cc1ccccc1F)C(=O)CN(c1ccccc1OC)S(=O)(=O)c1ccc(C)cc1. The van der Waals surface area contributed by atoms with Gasteiger partial charge in [-0.25, -0.2) is 12.8 Å². The molecule has 0 saturated carbocycles. The molecule has 3 aromatic carbocycles. The number of aryl methyl sites for hydroxylation is 1. The Morgan fingerprint density at radius 3 is 2.30 bits per heavy atom. The second-order valence-electron chi connectivity index (χ2n) is 9.43. The minimum atomic E-state index is -4.25. The van der Waals surface area contributed by atoms with E-state index in [4.69, 9.17) is 4.74 Å². The van der Waals surface area contributed by atoms with Gasteiger partial charge in [-0.1, -0.05) is 61.4 Å². The highest BCUT2D eigenvalue weighted by Crippen LogP contribution is 2.32. The number of halogens is 1. The number of rotatable bonds is 13. The molecule has 1 N–H and O–H groups in total. The van der Waals surface area contributed by atoms with Crippen LogP contribution in [0.1, 0.15) is 37.8 Å². The second-order valence-corrected chi connectivity index (χ2v) is 11.3. The van der Waals surface area contributed by atoms with E-state index in [1.54, 1.807) is 49.4 Å². The highest BCUT2D eigenvalue weighted by atomic mass is 32.2. The maximum absolute atomic E-state index is 14.6. The van der Waals surface area contributed by atoms with Crippen molar-refractivity contribution in [3.8, 4) is 5.75 Å². The van der Waals surface area contributed by atoms with E-state index in [1.807, 2.05) is 13.8 Å². The molecule has 0 heterocycles. The number of methoxy groups -OCH3 is 1. The Morgan fingerprint density at radius 2 is 1.65 bits per heavy atom. The molecular weight excluding hydrogens is 533 g/mol. The van der Waals surface area contributed by atoms with Crippen molar-refractivity contribution in [2.24, 2.45) is 0 Å². The first kappa shape index (κ1) is 30.6. The second kappa shape index (κ2) is 13.9. The van der Waals surface area contributed by atoms with Crippen molar-refractivity contribution in [2.45, 2.75) is 51.1 Å². The lowest BCUT2D eigenvalue weighted by Crippen LogP contribution is -2.51. The van der Waals surface area contributed by atoms with Gasteiger partial charge in [-0.15, -0.1) is 0 Å². The van der Waals surface area contributed by atoms with Crippen molar-refractivity contribution in [3.05, 3.63) is 89.7 Å². The zero-order valence-corrected chi connectivity index (χ0v) is 24.1. The largest absolute Gasteiger partial charge is 0.495 e. The van der Waals surface area contributed by atoms with Crippen molar-refractivity contribution in [3.63, 3.8) is 0 Å². The summed E-state index contributed by atoms with van der Waals surface area (Å²) in [7, 11) is -2.84. The molecule has 0 saturated heterocycles. The molecule has 0 aliphatic carbocycles. The Morgan fingerprint density at radius 1 is 1.00 bits per heavy atom. The van der Waals surface area contributed by atoms with E-state index in [0.29, 0.717) is 6.54 Å². The lowest BCUT2D eigenvalue weighted by atomic mass is 10.1. The lowest BCUT2D eigenvalue weighted by molar-refractivity contribution is -0.139. The van der Waals surface area contributed by atoms with E-state index in [9.17, 15) is 22.4 Å². The summed E-state index contributed by atoms with van der Waals surface area (Å²) in [5, 5.41) is 2.81. The van der Waals surface area contributed by atoms with Crippen LogP contribution in [0.2, 0.25) is 0 Å². The fraction of sp³-hybridized carbons (Fsp3) is 0.333. The summed E-state index contributed by atoms with van der Waals surface area (Å²) in [6, 6.07) is 17.7. The molecule has 40 heavy (non-hydrogen) atoms. The van der Waals surface area contributed by atoms with Crippen LogP contribution in [0.15, 0.2) is 77.7 Å². The van der Waals surface area contributed by atoms with Gasteiger partial charge in [0.05, 0.1) is 17.7 Å². The van der Waals surface area contributed by atoms with Crippen LogP contribution in [0.4, 0.5) is 10.1 Å². The standard InChI is InChI=1S/C30H36FN3O5S/c1-5-6-19-32-30(36)23(3)33(20-24-11-7-8-12-26(24)31)29(35)21-34(27-13-9-10-14-28(27)39-4)40(37,38)25-17-15-22(2)16-18-25/h7-18,23H,5-6,19-21H2,1-4H3,(H,32,36). The van der Waals surface area contributed by atoms with E-state index in [-0.39, 0.29) is 28.4 Å². The Hall–Kier alpha value is -3.92. The summed E-state index contributed by atoms with van der Waals surface area (Å²) in [5.74, 6) is -1.38. The third-order valence-electron chi connectivity index (χ3n) is 6.54. The summed E-state index contributed by atoms with van der Waals surface area (Å²) < 4.78 is 48.9. The van der Waals surface area contributed by atoms with Gasteiger partial charge in [0.1, 0.15) is 24.2 Å². The van der Waals surface area contributed by atoms with Gasteiger partial charge in [0.25, 0.3) is 10.0 Å². The van der Waals surface area contributed by atoms with Crippen molar-refractivity contribution >= 4 is 27.5 Å². The van der Waals surface area contributed by atoms with Gasteiger partial charge in [0.15, 0.2) is 0 Å². The number of carbonyl (C=O) groups is 2. The van der Waals surface area contributed by atoms with E-state index in [1.165, 1.54) is 42.3 Å². The van der Waals surface area contributed by atoms with Crippen LogP contribution in [0.3, 0.4) is 0 Å². The van der Waals surface area contributed by atoms with Crippen LogP contribution in [0, 0.1) is 12.7 Å². The number of sulfonamides is 1. The summed E-state index contributed by atoms with van der Waals surface area (Å²) in [6.07, 6.45) is 1.63. The molecule has 2 amide bonds. The Kier molecular flexibility index (Phi) is 10.7. The summed E-state index contributed by atoms with van der Waals surface area (Å²) in [6.45, 7) is 4.93. The number of unbranched alkanes of at least 4 members (excludes halogenated alkanes) is 1. The number of carbonyl (C=O) groups excluding carboxylic acids is 2. The van der Waals surface area contributed by atoms with Crippen LogP contribution >= 0.6 is 0 Å². The van der Waals surface area contributed by atoms with E-state index < -0.39 is 40.2 Å². The first-order valence-electron chi connectivity index (χ1n) is 13.1. The number of nitrogens with zero attached hydrogens (tertiary/aromatic N) is 2. The number of anilines is 1. The predicted molar refractivity (Wildman–Crippen MR) is 153 cm³/mol. The van der Waals surface area contributed by atoms with Gasteiger partial charge < -0.3 is 15.0 Å². The quantitative estimate of drug-likeness (QED) is 0.302. The average molecular weight is 570 g/mol. The molecule has 0 spiro atoms. The van der Waals surface area contributed by atoms with Crippen LogP contribution < -0.4 is 14.4 Å².